The summed E-state index contributed by atoms with van der Waals surface area (Å²) in [6.07, 6.45) is -5.18. The minimum atomic E-state index is -4.21. The van der Waals surface area contributed by atoms with Crippen molar-refractivity contribution in [3.8, 4) is 0 Å². The predicted octanol–water partition coefficient (Wildman–Crippen LogP) is 3.00. The average Bonchev–Trinajstić information content (AvgIpc) is 2.43. The molecule has 1 heterocycles. The number of hydrogen-bond donors (Lipinski definition) is 1. The van der Waals surface area contributed by atoms with E-state index in [9.17, 15) is 13.2 Å². The zero-order valence-corrected chi connectivity index (χ0v) is 10.3. The van der Waals surface area contributed by atoms with E-state index in [1.165, 1.54) is 0 Å². The van der Waals surface area contributed by atoms with Gasteiger partial charge in [0, 0.05) is 16.8 Å². The molecule has 0 aliphatic carbocycles. The zero-order chi connectivity index (χ0) is 12.6. The first kappa shape index (κ1) is 13.4. The van der Waals surface area contributed by atoms with Gasteiger partial charge in [-0.25, -0.2) is 4.98 Å². The van der Waals surface area contributed by atoms with E-state index in [4.69, 9.17) is 5.73 Å². The van der Waals surface area contributed by atoms with Crippen LogP contribution in [0.15, 0.2) is 0 Å². The molecule has 6 heteroatoms. The summed E-state index contributed by atoms with van der Waals surface area (Å²) in [5.41, 5.74) is 5.92. The molecule has 2 N–H and O–H groups in total. The molecule has 2 nitrogen and oxygen atoms in total. The van der Waals surface area contributed by atoms with Gasteiger partial charge in [0.15, 0.2) is 0 Å². The van der Waals surface area contributed by atoms with Crippen LogP contribution in [-0.4, -0.2) is 11.2 Å². The fourth-order valence-electron chi connectivity index (χ4n) is 1.37. The van der Waals surface area contributed by atoms with Crippen molar-refractivity contribution in [1.29, 1.82) is 0 Å². The van der Waals surface area contributed by atoms with Gasteiger partial charge in [0.2, 0.25) is 0 Å². The Balaban J connectivity index is 3.04. The molecule has 0 saturated carbocycles. The Bertz CT molecular complexity index is 363. The van der Waals surface area contributed by atoms with Crippen molar-refractivity contribution in [2.75, 3.05) is 0 Å². The molecule has 1 rings (SSSR count). The van der Waals surface area contributed by atoms with Gasteiger partial charge in [-0.15, -0.1) is 11.3 Å². The lowest BCUT2D eigenvalue weighted by atomic mass is 9.91. The van der Waals surface area contributed by atoms with Gasteiger partial charge in [0.05, 0.1) is 12.1 Å². The molecule has 92 valence electrons. The Kier molecular flexibility index (Phi) is 3.64. The lowest BCUT2D eigenvalue weighted by Gasteiger charge is -2.16. The predicted molar refractivity (Wildman–Crippen MR) is 58.5 cm³/mol. The van der Waals surface area contributed by atoms with Gasteiger partial charge in [-0.3, -0.25) is 0 Å². The number of rotatable bonds is 2. The summed E-state index contributed by atoms with van der Waals surface area (Å²) in [5.74, 6) is 0. The van der Waals surface area contributed by atoms with Crippen molar-refractivity contribution in [2.24, 2.45) is 5.73 Å². The number of hydrogen-bond acceptors (Lipinski definition) is 3. The topological polar surface area (TPSA) is 38.9 Å². The van der Waals surface area contributed by atoms with E-state index in [1.54, 1.807) is 0 Å². The third kappa shape index (κ3) is 3.45. The van der Waals surface area contributed by atoms with Crippen LogP contribution in [0, 0.1) is 0 Å². The van der Waals surface area contributed by atoms with Crippen LogP contribution in [0.25, 0.3) is 0 Å². The minimum Gasteiger partial charge on any atom is -0.326 e. The zero-order valence-electron chi connectivity index (χ0n) is 9.48. The quantitative estimate of drug-likeness (QED) is 0.878. The van der Waals surface area contributed by atoms with Crippen molar-refractivity contribution < 1.29 is 13.2 Å². The average molecular weight is 252 g/mol. The Labute approximate surface area is 96.7 Å². The maximum absolute atomic E-state index is 12.2. The molecule has 0 bridgehead atoms. The lowest BCUT2D eigenvalue weighted by Crippen LogP contribution is -2.16. The van der Waals surface area contributed by atoms with Crippen molar-refractivity contribution >= 4 is 11.3 Å². The summed E-state index contributed by atoms with van der Waals surface area (Å²) >= 11 is 1.06. The summed E-state index contributed by atoms with van der Waals surface area (Å²) in [6.45, 7) is 5.98. The van der Waals surface area contributed by atoms with Gasteiger partial charge in [-0.05, 0) is 0 Å². The van der Waals surface area contributed by atoms with E-state index in [-0.39, 0.29) is 17.0 Å². The molecule has 0 fully saturated rings. The van der Waals surface area contributed by atoms with E-state index in [2.05, 4.69) is 4.98 Å². The highest BCUT2D eigenvalue weighted by Gasteiger charge is 2.31. The normalized spacial score (nSPS) is 13.2. The van der Waals surface area contributed by atoms with Crippen LogP contribution >= 0.6 is 11.3 Å². The Hall–Kier alpha value is -0.620. The molecular weight excluding hydrogens is 237 g/mol. The van der Waals surface area contributed by atoms with Gasteiger partial charge >= 0.3 is 6.18 Å². The Morgan fingerprint density at radius 1 is 1.25 bits per heavy atom. The maximum Gasteiger partial charge on any atom is 0.395 e. The largest absolute Gasteiger partial charge is 0.395 e. The van der Waals surface area contributed by atoms with E-state index >= 15 is 0 Å². The molecule has 0 atom stereocenters. The molecule has 0 aliphatic rings. The molecular formula is C10H15F3N2S. The van der Waals surface area contributed by atoms with E-state index in [0.29, 0.717) is 5.69 Å². The van der Waals surface area contributed by atoms with Crippen LogP contribution in [-0.2, 0) is 18.4 Å². The van der Waals surface area contributed by atoms with Crippen LogP contribution in [0.1, 0.15) is 36.3 Å². The summed E-state index contributed by atoms with van der Waals surface area (Å²) in [4.78, 5) is 4.80. The number of nitrogens with two attached hydrogens (primary N) is 1. The monoisotopic (exact) mass is 252 g/mol. The van der Waals surface area contributed by atoms with Gasteiger partial charge < -0.3 is 5.73 Å². The van der Waals surface area contributed by atoms with Gasteiger partial charge in [0.25, 0.3) is 0 Å². The van der Waals surface area contributed by atoms with Crippen molar-refractivity contribution in [2.45, 2.75) is 45.3 Å². The summed E-state index contributed by atoms with van der Waals surface area (Å²) in [6, 6.07) is 0. The number of nitrogens with zero attached hydrogens (tertiary/aromatic N) is 1. The van der Waals surface area contributed by atoms with Crippen LogP contribution in [0.3, 0.4) is 0 Å². The third-order valence-electron chi connectivity index (χ3n) is 1.99. The number of alkyl halides is 3. The Morgan fingerprint density at radius 2 is 1.81 bits per heavy atom. The number of aromatic nitrogens is 1. The molecule has 0 aliphatic heterocycles. The summed E-state index contributed by atoms with van der Waals surface area (Å²) < 4.78 is 36.7. The minimum absolute atomic E-state index is 0.0953. The molecule has 1 aromatic rings. The van der Waals surface area contributed by atoms with Crippen molar-refractivity contribution in [1.82, 2.24) is 4.98 Å². The third-order valence-corrected chi connectivity index (χ3v) is 3.07. The number of thiazole rings is 1. The van der Waals surface area contributed by atoms with Crippen LogP contribution in [0.4, 0.5) is 13.2 Å². The lowest BCUT2D eigenvalue weighted by molar-refractivity contribution is -0.127. The first-order valence-corrected chi connectivity index (χ1v) is 5.71. The van der Waals surface area contributed by atoms with E-state index < -0.39 is 12.6 Å². The second-order valence-electron chi connectivity index (χ2n) is 4.63. The second kappa shape index (κ2) is 4.33. The standard InChI is InChI=1S/C10H15F3N2S/c1-9(2,3)8-6(5-14)16-7(15-8)4-10(11,12)13/h4-5,14H2,1-3H3. The highest BCUT2D eigenvalue weighted by atomic mass is 32.1. The fourth-order valence-corrected chi connectivity index (χ4v) is 2.56. The molecule has 0 amide bonds. The maximum atomic E-state index is 12.2. The molecule has 0 aromatic carbocycles. The molecule has 0 unspecified atom stereocenters. The summed E-state index contributed by atoms with van der Waals surface area (Å²) in [5, 5.41) is 0.0953. The van der Waals surface area contributed by atoms with E-state index in [0.717, 1.165) is 16.2 Å². The fraction of sp³-hybridized carbons (Fsp3) is 0.700. The smallest absolute Gasteiger partial charge is 0.326 e. The Morgan fingerprint density at radius 3 is 2.12 bits per heavy atom. The van der Waals surface area contributed by atoms with Crippen LogP contribution < -0.4 is 5.73 Å². The van der Waals surface area contributed by atoms with Gasteiger partial charge in [0.1, 0.15) is 5.01 Å². The van der Waals surface area contributed by atoms with Crippen molar-refractivity contribution in [3.05, 3.63) is 15.6 Å². The van der Waals surface area contributed by atoms with Crippen LogP contribution in [0.5, 0.6) is 0 Å². The van der Waals surface area contributed by atoms with Gasteiger partial charge in [-0.1, -0.05) is 20.8 Å². The second-order valence-corrected chi connectivity index (χ2v) is 5.79. The molecule has 0 spiro atoms. The molecule has 0 saturated heterocycles. The highest BCUT2D eigenvalue weighted by molar-refractivity contribution is 7.11. The summed E-state index contributed by atoms with van der Waals surface area (Å²) in [7, 11) is 0. The number of halogens is 3. The van der Waals surface area contributed by atoms with E-state index in [1.807, 2.05) is 20.8 Å². The first-order chi connectivity index (χ1) is 7.13. The first-order valence-electron chi connectivity index (χ1n) is 4.89. The SMILES string of the molecule is CC(C)(C)c1nc(CC(F)(F)F)sc1CN. The molecule has 0 radical (unpaired) electrons. The van der Waals surface area contributed by atoms with Gasteiger partial charge in [-0.2, -0.15) is 13.2 Å². The van der Waals surface area contributed by atoms with Crippen molar-refractivity contribution in [3.63, 3.8) is 0 Å². The molecule has 16 heavy (non-hydrogen) atoms. The molecule has 1 aromatic heterocycles. The van der Waals surface area contributed by atoms with Crippen LogP contribution in [0.2, 0.25) is 0 Å². The highest BCUT2D eigenvalue weighted by Crippen LogP contribution is 2.32.